The first-order chi connectivity index (χ1) is 13.5. The molecule has 0 aromatic rings. The number of likely N-dealkylation sites (N-methyl/N-ethyl adjacent to an activating group) is 1. The van der Waals surface area contributed by atoms with Gasteiger partial charge >= 0.3 is 0 Å². The molecule has 0 heterocycles. The van der Waals surface area contributed by atoms with E-state index in [2.05, 4.69) is 5.32 Å². The summed E-state index contributed by atoms with van der Waals surface area (Å²) in [5.74, 6) is -1.64. The molecular weight excluding hydrogens is 373 g/mol. The van der Waals surface area contributed by atoms with Gasteiger partial charge in [0.15, 0.2) is 17.1 Å². The van der Waals surface area contributed by atoms with Crippen LogP contribution in [0, 0.1) is 28.6 Å². The molecule has 0 aliphatic heterocycles. The number of rotatable bonds is 2. The summed E-state index contributed by atoms with van der Waals surface area (Å²) in [4.78, 5) is 24.8. The van der Waals surface area contributed by atoms with E-state index in [4.69, 9.17) is 0 Å². The van der Waals surface area contributed by atoms with Crippen LogP contribution in [-0.4, -0.2) is 45.8 Å². The molecule has 0 saturated heterocycles. The van der Waals surface area contributed by atoms with Gasteiger partial charge in [-0.05, 0) is 63.5 Å². The lowest BCUT2D eigenvalue weighted by atomic mass is 9.44. The zero-order valence-corrected chi connectivity index (χ0v) is 17.7. The number of amides is 1. The molecule has 5 nitrogen and oxygen atoms in total. The van der Waals surface area contributed by atoms with Crippen molar-refractivity contribution in [3.8, 4) is 0 Å². The van der Waals surface area contributed by atoms with Crippen LogP contribution >= 0.6 is 0 Å². The second kappa shape index (κ2) is 6.24. The third kappa shape index (κ3) is 2.27. The highest BCUT2D eigenvalue weighted by Crippen LogP contribution is 2.70. The molecule has 3 saturated carbocycles. The lowest BCUT2D eigenvalue weighted by Crippen LogP contribution is -2.70. The highest BCUT2D eigenvalue weighted by atomic mass is 19.1. The Bertz CT molecular complexity index is 824. The van der Waals surface area contributed by atoms with Crippen molar-refractivity contribution in [1.29, 1.82) is 0 Å². The number of halogens is 1. The predicted octanol–water partition coefficient (Wildman–Crippen LogP) is 2.47. The Morgan fingerprint density at radius 3 is 2.69 bits per heavy atom. The molecule has 6 heteroatoms. The van der Waals surface area contributed by atoms with E-state index in [1.165, 1.54) is 12.2 Å². The molecule has 0 aromatic carbocycles. The molecule has 160 valence electrons. The fourth-order valence-electron chi connectivity index (χ4n) is 7.33. The number of fused-ring (bicyclic) bond motifs is 5. The summed E-state index contributed by atoms with van der Waals surface area (Å²) in [6, 6.07) is 0. The fraction of sp³-hybridized carbons (Fsp3) is 0.739. The largest absolute Gasteiger partial charge is 0.390 e. The van der Waals surface area contributed by atoms with Gasteiger partial charge in [0.25, 0.3) is 5.91 Å². The van der Waals surface area contributed by atoms with Crippen molar-refractivity contribution in [1.82, 2.24) is 5.32 Å². The summed E-state index contributed by atoms with van der Waals surface area (Å²) < 4.78 is 17.0. The average molecular weight is 406 g/mol. The number of nitrogens with one attached hydrogen (secondary N) is 1. The molecule has 29 heavy (non-hydrogen) atoms. The lowest BCUT2D eigenvalue weighted by molar-refractivity contribution is -0.219. The number of alkyl halides is 1. The van der Waals surface area contributed by atoms with Crippen LogP contribution in [0.3, 0.4) is 0 Å². The molecule has 4 rings (SSSR count). The first-order valence-electron chi connectivity index (χ1n) is 10.8. The number of ketones is 1. The van der Waals surface area contributed by atoms with Crippen LogP contribution in [0.25, 0.3) is 0 Å². The van der Waals surface area contributed by atoms with Crippen LogP contribution in [0.1, 0.15) is 53.4 Å². The summed E-state index contributed by atoms with van der Waals surface area (Å²) in [7, 11) is 0. The molecule has 4 aliphatic carbocycles. The molecule has 3 N–H and O–H groups in total. The summed E-state index contributed by atoms with van der Waals surface area (Å²) in [6.45, 7) is 7.66. The smallest absolute Gasteiger partial charge is 0.252 e. The van der Waals surface area contributed by atoms with Crippen molar-refractivity contribution in [2.75, 3.05) is 6.54 Å². The van der Waals surface area contributed by atoms with Crippen molar-refractivity contribution in [3.05, 3.63) is 23.8 Å². The normalized spacial score (nSPS) is 51.0. The summed E-state index contributed by atoms with van der Waals surface area (Å²) >= 11 is 0. The van der Waals surface area contributed by atoms with Crippen LogP contribution in [-0.2, 0) is 9.59 Å². The van der Waals surface area contributed by atoms with Gasteiger partial charge in [0.1, 0.15) is 0 Å². The van der Waals surface area contributed by atoms with E-state index in [1.807, 2.05) is 13.8 Å². The van der Waals surface area contributed by atoms with E-state index in [0.29, 0.717) is 25.8 Å². The van der Waals surface area contributed by atoms with Crippen LogP contribution in [0.4, 0.5) is 4.39 Å². The predicted molar refractivity (Wildman–Crippen MR) is 107 cm³/mol. The Labute approximate surface area is 171 Å². The number of carbonyl (C=O) groups excluding carboxylic acids is 2. The third-order valence-corrected chi connectivity index (χ3v) is 8.91. The molecule has 8 atom stereocenters. The van der Waals surface area contributed by atoms with Crippen molar-refractivity contribution < 1.29 is 24.2 Å². The Kier molecular flexibility index (Phi) is 4.46. The molecule has 3 fully saturated rings. The Morgan fingerprint density at radius 1 is 1.34 bits per heavy atom. The molecule has 0 aromatic heterocycles. The van der Waals surface area contributed by atoms with Crippen molar-refractivity contribution in [2.24, 2.45) is 28.6 Å². The summed E-state index contributed by atoms with van der Waals surface area (Å²) in [5, 5.41) is 25.6. The maximum atomic E-state index is 17.0. The zero-order chi connectivity index (χ0) is 21.4. The van der Waals surface area contributed by atoms with Crippen LogP contribution in [0.2, 0.25) is 0 Å². The van der Waals surface area contributed by atoms with E-state index in [1.54, 1.807) is 19.9 Å². The van der Waals surface area contributed by atoms with Gasteiger partial charge in [0.05, 0.1) is 6.10 Å². The fourth-order valence-corrected chi connectivity index (χ4v) is 7.33. The quantitative estimate of drug-likeness (QED) is 0.659. The minimum Gasteiger partial charge on any atom is -0.390 e. The van der Waals surface area contributed by atoms with Gasteiger partial charge in [-0.1, -0.05) is 25.5 Å². The van der Waals surface area contributed by atoms with Gasteiger partial charge in [-0.25, -0.2) is 4.39 Å². The molecule has 0 radical (unpaired) electrons. The first kappa shape index (κ1) is 20.7. The van der Waals surface area contributed by atoms with E-state index in [0.717, 1.165) is 5.57 Å². The highest BCUT2D eigenvalue weighted by Gasteiger charge is 2.75. The number of hydrogen-bond donors (Lipinski definition) is 3. The van der Waals surface area contributed by atoms with Crippen LogP contribution < -0.4 is 5.32 Å². The van der Waals surface area contributed by atoms with E-state index >= 15 is 4.39 Å². The Hall–Kier alpha value is -1.53. The van der Waals surface area contributed by atoms with Gasteiger partial charge in [0, 0.05) is 23.3 Å². The average Bonchev–Trinajstić information content (AvgIpc) is 2.85. The number of carbonyl (C=O) groups is 2. The van der Waals surface area contributed by atoms with Crippen molar-refractivity contribution >= 4 is 11.7 Å². The maximum absolute atomic E-state index is 17.0. The molecule has 8 unspecified atom stereocenters. The summed E-state index contributed by atoms with van der Waals surface area (Å²) in [6.07, 6.45) is 4.81. The second-order valence-corrected chi connectivity index (χ2v) is 10.0. The van der Waals surface area contributed by atoms with Crippen molar-refractivity contribution in [2.45, 2.75) is 70.8 Å². The van der Waals surface area contributed by atoms with Gasteiger partial charge in [-0.2, -0.15) is 0 Å². The molecule has 1 amide bonds. The second-order valence-electron chi connectivity index (χ2n) is 10.0. The van der Waals surface area contributed by atoms with Gasteiger partial charge in [0.2, 0.25) is 0 Å². The standard InChI is InChI=1S/C23H32FNO4/c1-5-25-19(28)23(29)13(2)10-17-16-7-6-14-11-15(26)8-9-20(14,3)22(16,24)18(27)12-21(17,23)4/h8-9,11,13,16-18,27,29H,5-7,10,12H2,1-4H3,(H,25,28). The van der Waals surface area contributed by atoms with Crippen LogP contribution in [0.5, 0.6) is 0 Å². The topological polar surface area (TPSA) is 86.6 Å². The minimum atomic E-state index is -1.94. The molecule has 0 bridgehead atoms. The number of aliphatic hydroxyl groups excluding tert-OH is 1. The molecule has 4 aliphatic rings. The lowest BCUT2D eigenvalue weighted by Gasteiger charge is -2.62. The Balaban J connectivity index is 1.81. The monoisotopic (exact) mass is 405 g/mol. The summed E-state index contributed by atoms with van der Waals surface area (Å²) in [5.41, 5.74) is -4.83. The first-order valence-corrected chi connectivity index (χ1v) is 10.8. The van der Waals surface area contributed by atoms with Crippen LogP contribution in [0.15, 0.2) is 23.8 Å². The minimum absolute atomic E-state index is 0.00724. The third-order valence-electron chi connectivity index (χ3n) is 8.91. The maximum Gasteiger partial charge on any atom is 0.252 e. The van der Waals surface area contributed by atoms with E-state index < -0.39 is 40.0 Å². The van der Waals surface area contributed by atoms with Crippen molar-refractivity contribution in [3.63, 3.8) is 0 Å². The van der Waals surface area contributed by atoms with Gasteiger partial charge in [-0.3, -0.25) is 9.59 Å². The van der Waals surface area contributed by atoms with Gasteiger partial charge < -0.3 is 15.5 Å². The number of allylic oxidation sites excluding steroid dienone is 4. The van der Waals surface area contributed by atoms with E-state index in [9.17, 15) is 19.8 Å². The Morgan fingerprint density at radius 2 is 2.03 bits per heavy atom. The molecule has 0 spiro atoms. The number of aliphatic hydroxyl groups is 2. The SMILES string of the molecule is CCNC(=O)C1(O)C(C)CC2C3CCC4=CC(=O)C=CC4(C)C3(F)C(O)CC21C. The van der Waals surface area contributed by atoms with Gasteiger partial charge in [-0.15, -0.1) is 0 Å². The zero-order valence-electron chi connectivity index (χ0n) is 17.7. The molecular formula is C23H32FNO4. The number of hydrogen-bond acceptors (Lipinski definition) is 4. The highest BCUT2D eigenvalue weighted by molar-refractivity contribution is 6.01. The van der Waals surface area contributed by atoms with E-state index in [-0.39, 0.29) is 24.0 Å².